The van der Waals surface area contributed by atoms with E-state index in [1.807, 2.05) is 0 Å². The Labute approximate surface area is 116 Å². The number of rotatable bonds is 4. The van der Waals surface area contributed by atoms with E-state index < -0.39 is 0 Å². The molecule has 0 atom stereocenters. The zero-order chi connectivity index (χ0) is 13.8. The molecule has 0 saturated carbocycles. The van der Waals surface area contributed by atoms with Gasteiger partial charge in [-0.3, -0.25) is 0 Å². The molecule has 1 aromatic carbocycles. The van der Waals surface area contributed by atoms with Crippen LogP contribution in [0.5, 0.6) is 0 Å². The second kappa shape index (κ2) is 6.15. The minimum Gasteiger partial charge on any atom is -0.381 e. The second-order valence-corrected chi connectivity index (χ2v) is 4.93. The van der Waals surface area contributed by atoms with E-state index in [9.17, 15) is 4.39 Å². The van der Waals surface area contributed by atoms with Crippen LogP contribution in [0.1, 0.15) is 18.6 Å². The standard InChI is InChI=1S/C15H17FN2O2/c16-14-4-2-1-3-13(14)15-9-12(20-18-15)10-17-11-5-7-19-8-6-11/h1-4,9,11,17H,5-8,10H2. The zero-order valence-electron chi connectivity index (χ0n) is 11.1. The molecule has 20 heavy (non-hydrogen) atoms. The first-order valence-electron chi connectivity index (χ1n) is 6.84. The minimum atomic E-state index is -0.287. The molecule has 3 rings (SSSR count). The number of hydrogen-bond acceptors (Lipinski definition) is 4. The van der Waals surface area contributed by atoms with Gasteiger partial charge in [0.1, 0.15) is 11.5 Å². The zero-order valence-corrected chi connectivity index (χ0v) is 11.1. The molecule has 1 aromatic heterocycles. The number of hydrogen-bond donors (Lipinski definition) is 1. The van der Waals surface area contributed by atoms with E-state index in [1.165, 1.54) is 6.07 Å². The second-order valence-electron chi connectivity index (χ2n) is 4.93. The predicted octanol–water partition coefficient (Wildman–Crippen LogP) is 2.75. The van der Waals surface area contributed by atoms with Crippen LogP contribution in [-0.4, -0.2) is 24.4 Å². The van der Waals surface area contributed by atoms with Crippen molar-refractivity contribution in [1.82, 2.24) is 10.5 Å². The third-order valence-electron chi connectivity index (χ3n) is 3.50. The molecule has 2 heterocycles. The van der Waals surface area contributed by atoms with E-state index in [-0.39, 0.29) is 5.82 Å². The Hall–Kier alpha value is -1.72. The summed E-state index contributed by atoms with van der Waals surface area (Å²) in [5, 5.41) is 7.34. The molecule has 106 valence electrons. The normalized spacial score (nSPS) is 16.4. The molecule has 1 aliphatic rings. The highest BCUT2D eigenvalue weighted by molar-refractivity contribution is 5.59. The van der Waals surface area contributed by atoms with Gasteiger partial charge in [0.2, 0.25) is 0 Å². The van der Waals surface area contributed by atoms with Crippen LogP contribution in [0.4, 0.5) is 4.39 Å². The molecule has 0 unspecified atom stereocenters. The largest absolute Gasteiger partial charge is 0.381 e. The number of nitrogens with zero attached hydrogens (tertiary/aromatic N) is 1. The summed E-state index contributed by atoms with van der Waals surface area (Å²) in [7, 11) is 0. The SMILES string of the molecule is Fc1ccccc1-c1cc(CNC2CCOCC2)on1. The molecule has 0 radical (unpaired) electrons. The molecular weight excluding hydrogens is 259 g/mol. The fourth-order valence-corrected chi connectivity index (χ4v) is 2.34. The van der Waals surface area contributed by atoms with Crippen molar-refractivity contribution in [3.05, 3.63) is 41.9 Å². The van der Waals surface area contributed by atoms with Crippen LogP contribution in [-0.2, 0) is 11.3 Å². The van der Waals surface area contributed by atoms with Crippen molar-refractivity contribution in [1.29, 1.82) is 0 Å². The third kappa shape index (κ3) is 3.05. The van der Waals surface area contributed by atoms with Crippen LogP contribution in [0.15, 0.2) is 34.9 Å². The Morgan fingerprint density at radius 3 is 2.85 bits per heavy atom. The molecule has 2 aromatic rings. The van der Waals surface area contributed by atoms with Crippen LogP contribution in [0.2, 0.25) is 0 Å². The maximum Gasteiger partial charge on any atom is 0.151 e. The van der Waals surface area contributed by atoms with Crippen molar-refractivity contribution in [3.63, 3.8) is 0 Å². The van der Waals surface area contributed by atoms with Gasteiger partial charge in [0, 0.05) is 30.9 Å². The van der Waals surface area contributed by atoms with Gasteiger partial charge < -0.3 is 14.6 Å². The summed E-state index contributed by atoms with van der Waals surface area (Å²) in [6, 6.07) is 8.79. The van der Waals surface area contributed by atoms with E-state index in [1.54, 1.807) is 24.3 Å². The van der Waals surface area contributed by atoms with Gasteiger partial charge in [0.05, 0.1) is 6.54 Å². The molecule has 1 N–H and O–H groups in total. The molecule has 0 amide bonds. The average molecular weight is 276 g/mol. The van der Waals surface area contributed by atoms with Crippen LogP contribution >= 0.6 is 0 Å². The van der Waals surface area contributed by atoms with E-state index in [0.29, 0.717) is 23.8 Å². The van der Waals surface area contributed by atoms with Gasteiger partial charge in [0.25, 0.3) is 0 Å². The van der Waals surface area contributed by atoms with Crippen molar-refractivity contribution in [2.75, 3.05) is 13.2 Å². The van der Waals surface area contributed by atoms with Gasteiger partial charge in [-0.1, -0.05) is 17.3 Å². The molecule has 1 fully saturated rings. The smallest absolute Gasteiger partial charge is 0.151 e. The number of aromatic nitrogens is 1. The van der Waals surface area contributed by atoms with Gasteiger partial charge in [-0.15, -0.1) is 0 Å². The van der Waals surface area contributed by atoms with Crippen molar-refractivity contribution in [2.45, 2.75) is 25.4 Å². The summed E-state index contributed by atoms with van der Waals surface area (Å²) in [5.74, 6) is 0.430. The summed E-state index contributed by atoms with van der Waals surface area (Å²) in [6.45, 7) is 2.20. The minimum absolute atomic E-state index is 0.287. The summed E-state index contributed by atoms with van der Waals surface area (Å²) in [5.41, 5.74) is 1.00. The lowest BCUT2D eigenvalue weighted by molar-refractivity contribution is 0.0769. The maximum atomic E-state index is 13.7. The number of ether oxygens (including phenoxy) is 1. The Kier molecular flexibility index (Phi) is 4.08. The molecule has 0 bridgehead atoms. The molecule has 1 aliphatic heterocycles. The predicted molar refractivity (Wildman–Crippen MR) is 72.6 cm³/mol. The third-order valence-corrected chi connectivity index (χ3v) is 3.50. The Morgan fingerprint density at radius 1 is 1.25 bits per heavy atom. The van der Waals surface area contributed by atoms with Crippen LogP contribution in [0, 0.1) is 5.82 Å². The molecule has 0 spiro atoms. The maximum absolute atomic E-state index is 13.7. The highest BCUT2D eigenvalue weighted by Gasteiger charge is 2.15. The monoisotopic (exact) mass is 276 g/mol. The summed E-state index contributed by atoms with van der Waals surface area (Å²) in [4.78, 5) is 0. The lowest BCUT2D eigenvalue weighted by Gasteiger charge is -2.22. The molecule has 1 saturated heterocycles. The van der Waals surface area contributed by atoms with Gasteiger partial charge in [0.15, 0.2) is 5.76 Å². The van der Waals surface area contributed by atoms with Crippen LogP contribution in [0.3, 0.4) is 0 Å². The quantitative estimate of drug-likeness (QED) is 0.932. The first kappa shape index (κ1) is 13.3. The van der Waals surface area contributed by atoms with Crippen LogP contribution < -0.4 is 5.32 Å². The van der Waals surface area contributed by atoms with E-state index >= 15 is 0 Å². The van der Waals surface area contributed by atoms with Crippen molar-refractivity contribution in [2.24, 2.45) is 0 Å². The topological polar surface area (TPSA) is 47.3 Å². The van der Waals surface area contributed by atoms with E-state index in [0.717, 1.165) is 31.8 Å². The number of nitrogens with one attached hydrogen (secondary N) is 1. The van der Waals surface area contributed by atoms with Crippen molar-refractivity contribution in [3.8, 4) is 11.3 Å². The Bertz CT molecular complexity index is 565. The van der Waals surface area contributed by atoms with Gasteiger partial charge in [-0.25, -0.2) is 4.39 Å². The average Bonchev–Trinajstić information content (AvgIpc) is 2.95. The fourth-order valence-electron chi connectivity index (χ4n) is 2.34. The first-order valence-corrected chi connectivity index (χ1v) is 6.84. The van der Waals surface area contributed by atoms with E-state index in [4.69, 9.17) is 9.26 Å². The summed E-state index contributed by atoms with van der Waals surface area (Å²) >= 11 is 0. The lowest BCUT2D eigenvalue weighted by Crippen LogP contribution is -2.34. The highest BCUT2D eigenvalue weighted by atomic mass is 19.1. The number of benzene rings is 1. The highest BCUT2D eigenvalue weighted by Crippen LogP contribution is 2.22. The van der Waals surface area contributed by atoms with Gasteiger partial charge in [-0.05, 0) is 25.0 Å². The molecule has 0 aliphatic carbocycles. The van der Waals surface area contributed by atoms with Crippen LogP contribution in [0.25, 0.3) is 11.3 Å². The molecule has 5 heteroatoms. The van der Waals surface area contributed by atoms with Crippen molar-refractivity contribution < 1.29 is 13.7 Å². The molecular formula is C15H17FN2O2. The summed E-state index contributed by atoms with van der Waals surface area (Å²) < 4.78 is 24.2. The molecule has 4 nitrogen and oxygen atoms in total. The Morgan fingerprint density at radius 2 is 2.05 bits per heavy atom. The fraction of sp³-hybridized carbons (Fsp3) is 0.400. The first-order chi connectivity index (χ1) is 9.83. The Balaban J connectivity index is 1.63. The summed E-state index contributed by atoms with van der Waals surface area (Å²) in [6.07, 6.45) is 2.02. The van der Waals surface area contributed by atoms with E-state index in [2.05, 4.69) is 10.5 Å². The van der Waals surface area contributed by atoms with Gasteiger partial charge in [-0.2, -0.15) is 0 Å². The van der Waals surface area contributed by atoms with Gasteiger partial charge >= 0.3 is 0 Å². The van der Waals surface area contributed by atoms with Crippen molar-refractivity contribution >= 4 is 0 Å². The lowest BCUT2D eigenvalue weighted by atomic mass is 10.1. The number of halogens is 1.